The van der Waals surface area contributed by atoms with Crippen LogP contribution in [0.1, 0.15) is 23.9 Å². The Hall–Kier alpha value is -1.88. The van der Waals surface area contributed by atoms with Crippen LogP contribution in [0.5, 0.6) is 5.75 Å². The third-order valence-electron chi connectivity index (χ3n) is 2.90. The molecule has 0 saturated carbocycles. The standard InChI is InChI=1S/C13H18N4O/c1-3-10-5-4-6-11(7-10)18-9-13-12(8-14)15-16-17(13)2/h4-7H,3,8-9,14H2,1-2H3. The van der Waals surface area contributed by atoms with Gasteiger partial charge in [0.15, 0.2) is 0 Å². The van der Waals surface area contributed by atoms with Crippen LogP contribution in [0.2, 0.25) is 0 Å². The Balaban J connectivity index is 2.08. The molecular weight excluding hydrogens is 228 g/mol. The van der Waals surface area contributed by atoms with Crippen LogP contribution in [0.3, 0.4) is 0 Å². The Morgan fingerprint density at radius 3 is 2.94 bits per heavy atom. The molecule has 1 heterocycles. The second kappa shape index (κ2) is 5.64. The summed E-state index contributed by atoms with van der Waals surface area (Å²) in [5.41, 5.74) is 8.56. The predicted molar refractivity (Wildman–Crippen MR) is 69.0 cm³/mol. The molecule has 2 aromatic rings. The van der Waals surface area contributed by atoms with E-state index in [9.17, 15) is 0 Å². The summed E-state index contributed by atoms with van der Waals surface area (Å²) in [5.74, 6) is 0.860. The highest BCUT2D eigenvalue weighted by Crippen LogP contribution is 2.16. The van der Waals surface area contributed by atoms with Crippen molar-refractivity contribution in [3.8, 4) is 5.75 Å². The maximum absolute atomic E-state index is 5.76. The van der Waals surface area contributed by atoms with Gasteiger partial charge >= 0.3 is 0 Å². The highest BCUT2D eigenvalue weighted by atomic mass is 16.5. The number of nitrogens with zero attached hydrogens (tertiary/aromatic N) is 3. The van der Waals surface area contributed by atoms with Crippen LogP contribution in [0.25, 0.3) is 0 Å². The van der Waals surface area contributed by atoms with Crippen molar-refractivity contribution in [1.29, 1.82) is 0 Å². The molecule has 0 radical (unpaired) electrons. The summed E-state index contributed by atoms with van der Waals surface area (Å²) in [4.78, 5) is 0. The van der Waals surface area contributed by atoms with Gasteiger partial charge < -0.3 is 10.5 Å². The highest BCUT2D eigenvalue weighted by molar-refractivity contribution is 5.28. The van der Waals surface area contributed by atoms with Crippen molar-refractivity contribution in [2.75, 3.05) is 0 Å². The minimum atomic E-state index is 0.377. The molecule has 0 fully saturated rings. The van der Waals surface area contributed by atoms with Gasteiger partial charge in [0, 0.05) is 13.6 Å². The molecular formula is C13H18N4O. The van der Waals surface area contributed by atoms with Crippen LogP contribution in [-0.2, 0) is 26.6 Å². The molecule has 5 nitrogen and oxygen atoms in total. The molecule has 2 rings (SSSR count). The van der Waals surface area contributed by atoms with E-state index in [-0.39, 0.29) is 0 Å². The van der Waals surface area contributed by atoms with Gasteiger partial charge in [-0.2, -0.15) is 0 Å². The number of rotatable bonds is 5. The fraction of sp³-hybridized carbons (Fsp3) is 0.385. The first-order chi connectivity index (χ1) is 8.74. The molecule has 2 N–H and O–H groups in total. The van der Waals surface area contributed by atoms with Gasteiger partial charge in [0.05, 0.1) is 0 Å². The fourth-order valence-electron chi connectivity index (χ4n) is 1.76. The summed E-state index contributed by atoms with van der Waals surface area (Å²) in [5, 5.41) is 7.93. The largest absolute Gasteiger partial charge is 0.487 e. The lowest BCUT2D eigenvalue weighted by molar-refractivity contribution is 0.293. The van der Waals surface area contributed by atoms with E-state index >= 15 is 0 Å². The summed E-state index contributed by atoms with van der Waals surface area (Å²) < 4.78 is 7.46. The maximum atomic E-state index is 5.76. The zero-order valence-corrected chi connectivity index (χ0v) is 10.8. The van der Waals surface area contributed by atoms with E-state index in [0.717, 1.165) is 23.6 Å². The molecule has 0 bridgehead atoms. The van der Waals surface area contributed by atoms with Gasteiger partial charge in [0.2, 0.25) is 0 Å². The zero-order chi connectivity index (χ0) is 13.0. The monoisotopic (exact) mass is 246 g/mol. The van der Waals surface area contributed by atoms with Crippen LogP contribution in [0.15, 0.2) is 24.3 Å². The lowest BCUT2D eigenvalue weighted by Crippen LogP contribution is -2.08. The average Bonchev–Trinajstić information content (AvgIpc) is 2.77. The van der Waals surface area contributed by atoms with E-state index in [4.69, 9.17) is 10.5 Å². The Labute approximate surface area is 107 Å². The third kappa shape index (κ3) is 2.68. The van der Waals surface area contributed by atoms with Crippen LogP contribution < -0.4 is 10.5 Å². The van der Waals surface area contributed by atoms with E-state index in [1.165, 1.54) is 5.56 Å². The molecule has 1 aromatic carbocycles. The minimum absolute atomic E-state index is 0.377. The van der Waals surface area contributed by atoms with Crippen LogP contribution in [0.4, 0.5) is 0 Å². The van der Waals surface area contributed by atoms with Gasteiger partial charge in [-0.3, -0.25) is 0 Å². The Morgan fingerprint density at radius 2 is 2.22 bits per heavy atom. The molecule has 0 spiro atoms. The van der Waals surface area contributed by atoms with Gasteiger partial charge in [-0.05, 0) is 24.1 Å². The molecule has 5 heteroatoms. The van der Waals surface area contributed by atoms with E-state index in [1.807, 2.05) is 25.2 Å². The first kappa shape index (κ1) is 12.6. The van der Waals surface area contributed by atoms with E-state index in [2.05, 4.69) is 23.3 Å². The van der Waals surface area contributed by atoms with Crippen LogP contribution >= 0.6 is 0 Å². The van der Waals surface area contributed by atoms with Crippen LogP contribution in [-0.4, -0.2) is 15.0 Å². The van der Waals surface area contributed by atoms with Gasteiger partial charge in [0.1, 0.15) is 23.7 Å². The van der Waals surface area contributed by atoms with Gasteiger partial charge in [-0.25, -0.2) is 4.68 Å². The molecule has 0 aliphatic heterocycles. The Kier molecular flexibility index (Phi) is 3.94. The molecule has 0 saturated heterocycles. The third-order valence-corrected chi connectivity index (χ3v) is 2.90. The molecule has 18 heavy (non-hydrogen) atoms. The molecule has 0 unspecified atom stereocenters. The molecule has 1 aromatic heterocycles. The van der Waals surface area contributed by atoms with Gasteiger partial charge in [-0.15, -0.1) is 5.10 Å². The second-order valence-corrected chi connectivity index (χ2v) is 4.10. The summed E-state index contributed by atoms with van der Waals surface area (Å²) in [7, 11) is 1.84. The van der Waals surface area contributed by atoms with Crippen molar-refractivity contribution in [3.05, 3.63) is 41.2 Å². The normalized spacial score (nSPS) is 10.6. The first-order valence-corrected chi connectivity index (χ1v) is 6.03. The second-order valence-electron chi connectivity index (χ2n) is 4.10. The van der Waals surface area contributed by atoms with Crippen LogP contribution in [0, 0.1) is 0 Å². The average molecular weight is 246 g/mol. The molecule has 0 aliphatic rings. The molecule has 0 aliphatic carbocycles. The number of aryl methyl sites for hydroxylation is 2. The Morgan fingerprint density at radius 1 is 1.39 bits per heavy atom. The predicted octanol–water partition coefficient (Wildman–Crippen LogP) is 1.42. The molecule has 0 amide bonds. The smallest absolute Gasteiger partial charge is 0.132 e. The maximum Gasteiger partial charge on any atom is 0.132 e. The van der Waals surface area contributed by atoms with Gasteiger partial charge in [-0.1, -0.05) is 24.3 Å². The quantitative estimate of drug-likeness (QED) is 0.866. The van der Waals surface area contributed by atoms with Crippen molar-refractivity contribution < 1.29 is 4.74 Å². The fourth-order valence-corrected chi connectivity index (χ4v) is 1.76. The van der Waals surface area contributed by atoms with E-state index in [1.54, 1.807) is 4.68 Å². The minimum Gasteiger partial charge on any atom is -0.487 e. The molecule has 0 atom stereocenters. The summed E-state index contributed by atoms with van der Waals surface area (Å²) in [6, 6.07) is 8.08. The topological polar surface area (TPSA) is 66.0 Å². The lowest BCUT2D eigenvalue weighted by Gasteiger charge is -2.08. The van der Waals surface area contributed by atoms with Crippen molar-refractivity contribution in [3.63, 3.8) is 0 Å². The zero-order valence-electron chi connectivity index (χ0n) is 10.8. The van der Waals surface area contributed by atoms with E-state index < -0.39 is 0 Å². The van der Waals surface area contributed by atoms with Crippen molar-refractivity contribution >= 4 is 0 Å². The number of hydrogen-bond donors (Lipinski definition) is 1. The number of nitrogens with two attached hydrogens (primary N) is 1. The molecule has 96 valence electrons. The number of benzene rings is 1. The van der Waals surface area contributed by atoms with Crippen molar-refractivity contribution in [1.82, 2.24) is 15.0 Å². The first-order valence-electron chi connectivity index (χ1n) is 6.03. The van der Waals surface area contributed by atoms with Crippen molar-refractivity contribution in [2.45, 2.75) is 26.5 Å². The number of aromatic nitrogens is 3. The number of hydrogen-bond acceptors (Lipinski definition) is 4. The SMILES string of the molecule is CCc1cccc(OCc2c(CN)nnn2C)c1. The summed E-state index contributed by atoms with van der Waals surface area (Å²) >= 11 is 0. The lowest BCUT2D eigenvalue weighted by atomic mass is 10.2. The van der Waals surface area contributed by atoms with Crippen molar-refractivity contribution in [2.24, 2.45) is 12.8 Å². The van der Waals surface area contributed by atoms with E-state index in [0.29, 0.717) is 13.2 Å². The highest BCUT2D eigenvalue weighted by Gasteiger charge is 2.09. The number of ether oxygens (including phenoxy) is 1. The summed E-state index contributed by atoms with van der Waals surface area (Å²) in [6.45, 7) is 2.93. The van der Waals surface area contributed by atoms with Gasteiger partial charge in [0.25, 0.3) is 0 Å². The summed E-state index contributed by atoms with van der Waals surface area (Å²) in [6.07, 6.45) is 0.999. The Bertz CT molecular complexity index is 521.